The van der Waals surface area contributed by atoms with Gasteiger partial charge in [0.2, 0.25) is 15.9 Å². The second-order valence-corrected chi connectivity index (χ2v) is 13.3. The van der Waals surface area contributed by atoms with E-state index in [1.807, 2.05) is 44.2 Å². The molecule has 0 saturated heterocycles. The molecule has 0 radical (unpaired) electrons. The average Bonchev–Trinajstić information content (AvgIpc) is 3.03. The topological polar surface area (TPSA) is 181 Å². The minimum atomic E-state index is -4.02. The Balaban J connectivity index is 1.75. The second-order valence-electron chi connectivity index (χ2n) is 11.0. The van der Waals surface area contributed by atoms with Crippen LogP contribution < -0.4 is 5.32 Å². The van der Waals surface area contributed by atoms with E-state index in [9.17, 15) is 33.6 Å². The van der Waals surface area contributed by atoms with Crippen LogP contribution in [0.2, 0.25) is 5.02 Å². The summed E-state index contributed by atoms with van der Waals surface area (Å²) in [7, 11) is -4.02. The number of unbranched alkanes of at least 4 members (excludes halogenated alkanes) is 1. The molecule has 2 aromatic carbocycles. The summed E-state index contributed by atoms with van der Waals surface area (Å²) >= 11 is 6.29. The van der Waals surface area contributed by atoms with E-state index in [-0.39, 0.29) is 17.9 Å². The van der Waals surface area contributed by atoms with E-state index in [1.54, 1.807) is 31.5 Å². The first kappa shape index (κ1) is 36.5. The molecule has 0 fully saturated rings. The summed E-state index contributed by atoms with van der Waals surface area (Å²) in [5, 5.41) is 50.8. The molecule has 6 N–H and O–H groups in total. The van der Waals surface area contributed by atoms with Crippen LogP contribution in [0, 0.1) is 13.8 Å². The highest BCUT2D eigenvalue weighted by Gasteiger charge is 2.32. The first-order valence-corrected chi connectivity index (χ1v) is 16.5. The van der Waals surface area contributed by atoms with Gasteiger partial charge < -0.3 is 30.8 Å². The number of carbonyl (C=O) groups is 1. The number of aliphatic hydroxyl groups is 5. The average molecular weight is 664 g/mol. The van der Waals surface area contributed by atoms with Gasteiger partial charge in [0.25, 0.3) is 0 Å². The van der Waals surface area contributed by atoms with Gasteiger partial charge in [-0.1, -0.05) is 35.9 Å². The Kier molecular flexibility index (Phi) is 13.5. The molecule has 246 valence electrons. The molecule has 11 nitrogen and oxygen atoms in total. The lowest BCUT2D eigenvalue weighted by molar-refractivity contribution is -0.126. The number of aryl methyl sites for hydroxylation is 1. The van der Waals surface area contributed by atoms with Crippen molar-refractivity contribution in [2.24, 2.45) is 0 Å². The fraction of sp³-hybridized carbons (Fsp3) is 0.438. The highest BCUT2D eigenvalue weighted by Crippen LogP contribution is 2.33. The van der Waals surface area contributed by atoms with Gasteiger partial charge in [-0.3, -0.25) is 9.78 Å². The number of sulfonamides is 1. The van der Waals surface area contributed by atoms with E-state index in [0.29, 0.717) is 23.4 Å². The minimum absolute atomic E-state index is 0.0138. The summed E-state index contributed by atoms with van der Waals surface area (Å²) in [6, 6.07) is 13.8. The summed E-state index contributed by atoms with van der Waals surface area (Å²) in [5.74, 6) is -0.452. The van der Waals surface area contributed by atoms with E-state index < -0.39 is 59.5 Å². The van der Waals surface area contributed by atoms with Crippen molar-refractivity contribution >= 4 is 27.5 Å². The molecule has 5 atom stereocenters. The van der Waals surface area contributed by atoms with Crippen LogP contribution >= 0.6 is 11.6 Å². The van der Waals surface area contributed by atoms with Gasteiger partial charge in [0, 0.05) is 43.0 Å². The van der Waals surface area contributed by atoms with Gasteiger partial charge in [0.15, 0.2) is 0 Å². The van der Waals surface area contributed by atoms with Crippen molar-refractivity contribution in [3.8, 4) is 11.1 Å². The molecule has 0 saturated carbocycles. The number of nitrogens with one attached hydrogen (secondary N) is 1. The zero-order chi connectivity index (χ0) is 33.3. The normalized spacial score (nSPS) is 15.3. The molecule has 0 aliphatic rings. The number of aliphatic hydroxyl groups excluding tert-OH is 5. The fourth-order valence-electron chi connectivity index (χ4n) is 4.99. The molecular formula is C32H42ClN3O8S. The number of carbonyl (C=O) groups excluding carboxylic acids is 1. The maximum Gasteiger partial charge on any atom is 0.243 e. The van der Waals surface area contributed by atoms with Crippen LogP contribution in [0.25, 0.3) is 11.1 Å². The maximum absolute atomic E-state index is 14.1. The van der Waals surface area contributed by atoms with E-state index in [2.05, 4.69) is 10.3 Å². The number of rotatable bonds is 16. The number of hydrogen-bond acceptors (Lipinski definition) is 9. The molecule has 3 rings (SSSR count). The van der Waals surface area contributed by atoms with Crippen molar-refractivity contribution in [3.63, 3.8) is 0 Å². The summed E-state index contributed by atoms with van der Waals surface area (Å²) in [6.07, 6.45) is -2.66. The van der Waals surface area contributed by atoms with Crippen molar-refractivity contribution < 1.29 is 38.7 Å². The van der Waals surface area contributed by atoms with Gasteiger partial charge in [-0.15, -0.1) is 0 Å². The first-order chi connectivity index (χ1) is 21.3. The molecule has 1 heterocycles. The summed E-state index contributed by atoms with van der Waals surface area (Å²) < 4.78 is 29.6. The van der Waals surface area contributed by atoms with Gasteiger partial charge in [0.05, 0.1) is 17.6 Å². The van der Waals surface area contributed by atoms with Crippen LogP contribution in [0.1, 0.15) is 48.9 Å². The molecule has 13 heteroatoms. The smallest absolute Gasteiger partial charge is 0.243 e. The third-order valence-corrected chi connectivity index (χ3v) is 10.3. The van der Waals surface area contributed by atoms with Gasteiger partial charge in [-0.05, 0) is 85.7 Å². The van der Waals surface area contributed by atoms with E-state index in [0.717, 1.165) is 22.3 Å². The molecule has 1 aromatic heterocycles. The number of pyridine rings is 1. The summed E-state index contributed by atoms with van der Waals surface area (Å²) in [6.45, 7) is 4.33. The highest BCUT2D eigenvalue weighted by molar-refractivity contribution is 7.89. The third kappa shape index (κ3) is 9.30. The quantitative estimate of drug-likeness (QED) is 0.126. The predicted octanol–water partition coefficient (Wildman–Crippen LogP) is 2.49. The lowest BCUT2D eigenvalue weighted by atomic mass is 9.98. The van der Waals surface area contributed by atoms with Crippen LogP contribution in [0.4, 0.5) is 0 Å². The molecule has 0 aliphatic carbocycles. The van der Waals surface area contributed by atoms with Crippen LogP contribution in [-0.4, -0.2) is 93.3 Å². The molecule has 0 bridgehead atoms. The Bertz CT molecular complexity index is 1540. The van der Waals surface area contributed by atoms with Crippen molar-refractivity contribution in [3.05, 3.63) is 82.6 Å². The van der Waals surface area contributed by atoms with Gasteiger partial charge in [-0.2, -0.15) is 4.31 Å². The SMILES string of the molecule is Cc1cnccc1-c1cccc(C(C)N(CCCCC(=O)NCC(O)C(O)C(O)C(O)CO)S(=O)(=O)c2cccc(Cl)c2C)c1. The highest BCUT2D eigenvalue weighted by atomic mass is 35.5. The fourth-order valence-corrected chi connectivity index (χ4v) is 7.13. The number of nitrogens with zero attached hydrogens (tertiary/aromatic N) is 2. The van der Waals surface area contributed by atoms with Crippen molar-refractivity contribution in [2.45, 2.75) is 75.4 Å². The number of benzene rings is 2. The predicted molar refractivity (Wildman–Crippen MR) is 171 cm³/mol. The second kappa shape index (κ2) is 16.6. The largest absolute Gasteiger partial charge is 0.394 e. The molecule has 1 amide bonds. The first-order valence-electron chi connectivity index (χ1n) is 14.7. The summed E-state index contributed by atoms with van der Waals surface area (Å²) in [4.78, 5) is 16.7. The molecule has 0 aliphatic heterocycles. The molecule has 0 spiro atoms. The van der Waals surface area contributed by atoms with Crippen molar-refractivity contribution in [1.82, 2.24) is 14.6 Å². The van der Waals surface area contributed by atoms with Crippen LogP contribution in [0.5, 0.6) is 0 Å². The van der Waals surface area contributed by atoms with E-state index >= 15 is 0 Å². The van der Waals surface area contributed by atoms with E-state index in [4.69, 9.17) is 16.7 Å². The molecular weight excluding hydrogens is 622 g/mol. The molecule has 3 aromatic rings. The molecule has 5 unspecified atom stereocenters. The Morgan fingerprint density at radius 3 is 2.38 bits per heavy atom. The monoisotopic (exact) mass is 663 g/mol. The van der Waals surface area contributed by atoms with Crippen molar-refractivity contribution in [2.75, 3.05) is 19.7 Å². The van der Waals surface area contributed by atoms with Crippen LogP contribution in [-0.2, 0) is 14.8 Å². The Morgan fingerprint density at radius 2 is 1.69 bits per heavy atom. The Hall–Kier alpha value is -2.94. The standard InChI is InChI=1S/C32H42ClN3O8S/c1-20-17-34-14-13-25(20)24-9-6-8-23(16-24)22(3)36(45(43,44)29-11-7-10-26(33)21(29)2)15-5-4-12-30(40)35-18-27(38)31(41)32(42)28(39)19-37/h6-11,13-14,16-17,22,27-28,31-32,37-39,41-42H,4-5,12,15,18-19H2,1-3H3,(H,35,40). The number of hydrogen-bond donors (Lipinski definition) is 6. The van der Waals surface area contributed by atoms with Gasteiger partial charge >= 0.3 is 0 Å². The lowest BCUT2D eigenvalue weighted by Crippen LogP contribution is -2.49. The number of halogens is 1. The minimum Gasteiger partial charge on any atom is -0.394 e. The van der Waals surface area contributed by atoms with Crippen LogP contribution in [0.3, 0.4) is 0 Å². The third-order valence-electron chi connectivity index (χ3n) is 7.80. The zero-order valence-electron chi connectivity index (χ0n) is 25.5. The molecule has 45 heavy (non-hydrogen) atoms. The van der Waals surface area contributed by atoms with Gasteiger partial charge in [-0.25, -0.2) is 8.42 Å². The lowest BCUT2D eigenvalue weighted by Gasteiger charge is -2.30. The van der Waals surface area contributed by atoms with Gasteiger partial charge in [0.1, 0.15) is 18.3 Å². The summed E-state index contributed by atoms with van der Waals surface area (Å²) in [5.41, 5.74) is 4.13. The maximum atomic E-state index is 14.1. The zero-order valence-corrected chi connectivity index (χ0v) is 27.1. The number of aromatic nitrogens is 1. The Labute approximate surface area is 269 Å². The Morgan fingerprint density at radius 1 is 1.00 bits per heavy atom. The van der Waals surface area contributed by atoms with E-state index in [1.165, 1.54) is 10.4 Å². The number of amides is 1. The van der Waals surface area contributed by atoms with Crippen LogP contribution in [0.15, 0.2) is 65.8 Å². The van der Waals surface area contributed by atoms with Crippen molar-refractivity contribution in [1.29, 1.82) is 0 Å².